The second-order valence-electron chi connectivity index (χ2n) is 12.9. The lowest BCUT2D eigenvalue weighted by Gasteiger charge is -2.33. The number of benzene rings is 2. The van der Waals surface area contributed by atoms with Crippen LogP contribution in [0.4, 0.5) is 0 Å². The van der Waals surface area contributed by atoms with Crippen LogP contribution in [-0.4, -0.2) is 101 Å². The van der Waals surface area contributed by atoms with Crippen molar-refractivity contribution in [1.29, 1.82) is 0 Å². The predicted octanol–water partition coefficient (Wildman–Crippen LogP) is 4.65. The summed E-state index contributed by atoms with van der Waals surface area (Å²) in [5.74, 6) is -8.85. The number of hydrogen-bond acceptors (Lipinski definition) is 22. The van der Waals surface area contributed by atoms with Gasteiger partial charge in [0, 0.05) is 36.5 Å². The van der Waals surface area contributed by atoms with Crippen molar-refractivity contribution in [3.63, 3.8) is 0 Å². The summed E-state index contributed by atoms with van der Waals surface area (Å²) in [5.41, 5.74) is -0.347. The summed E-state index contributed by atoms with van der Waals surface area (Å²) >= 11 is 0. The molecule has 0 spiro atoms. The zero-order valence-electron chi connectivity index (χ0n) is 36.1. The van der Waals surface area contributed by atoms with Crippen LogP contribution in [0.3, 0.4) is 0 Å². The molecule has 2 aromatic rings. The molecule has 22 heteroatoms. The Hall–Kier alpha value is -8.56. The zero-order chi connectivity index (χ0) is 49.3. The Balaban J connectivity index is 1.86. The zero-order valence-corrected chi connectivity index (χ0v) is 36.1. The third-order valence-electron chi connectivity index (χ3n) is 8.56. The van der Waals surface area contributed by atoms with Crippen molar-refractivity contribution >= 4 is 47.8 Å². The Morgan fingerprint density at radius 3 is 1.01 bits per heavy atom. The molecule has 0 bridgehead atoms. The van der Waals surface area contributed by atoms with Gasteiger partial charge in [0.25, 0.3) is 0 Å². The van der Waals surface area contributed by atoms with Gasteiger partial charge in [-0.1, -0.05) is 46.4 Å². The van der Waals surface area contributed by atoms with E-state index in [9.17, 15) is 38.4 Å². The van der Waals surface area contributed by atoms with Gasteiger partial charge in [0.2, 0.25) is 52.3 Å². The fourth-order valence-electron chi connectivity index (χ4n) is 5.38. The number of carbonyl (C=O) groups excluding carboxylic acids is 8. The quantitative estimate of drug-likeness (QED) is 0.0486. The lowest BCUT2D eigenvalue weighted by molar-refractivity contribution is -0.146. The van der Waals surface area contributed by atoms with E-state index >= 15 is 0 Å². The molecule has 0 radical (unpaired) electrons. The van der Waals surface area contributed by atoms with Gasteiger partial charge in [-0.2, -0.15) is 0 Å². The largest absolute Gasteiger partial charge is 0.459 e. The van der Waals surface area contributed by atoms with Gasteiger partial charge in [0.05, 0.1) is 11.1 Å². The highest BCUT2D eigenvalue weighted by Gasteiger charge is 2.34. The standard InChI is InChI=1S/C45H46O22/c1-8-36(46)58-21-54-32-17-28(18-33(55-22-59-37(47)9-2)42(32)64-25-62-40(50)12-5)44(52)66-30-14-15-31(27(7)16-30)67-45(53)29-19-34(56-23-60-38(48)10-3)43(65-26-63-41(51)13-6)35(20-29)57-24-61-39(49)11-4/h8-13,17-20,27,30-31H,1-6,14-16,21-26H2,7H3. The monoisotopic (exact) mass is 938 g/mol. The Morgan fingerprint density at radius 1 is 0.448 bits per heavy atom. The maximum absolute atomic E-state index is 13.7. The predicted molar refractivity (Wildman–Crippen MR) is 225 cm³/mol. The highest BCUT2D eigenvalue weighted by molar-refractivity contribution is 5.92. The van der Waals surface area contributed by atoms with E-state index in [2.05, 4.69) is 39.5 Å². The van der Waals surface area contributed by atoms with Gasteiger partial charge in [-0.3, -0.25) is 0 Å². The minimum absolute atomic E-state index is 0.174. The van der Waals surface area contributed by atoms with Crippen molar-refractivity contribution < 1.29 is 105 Å². The van der Waals surface area contributed by atoms with Crippen LogP contribution in [0.2, 0.25) is 0 Å². The van der Waals surface area contributed by atoms with E-state index in [4.69, 9.17) is 66.3 Å². The number of carbonyl (C=O) groups is 8. The molecule has 0 aromatic heterocycles. The van der Waals surface area contributed by atoms with E-state index in [0.29, 0.717) is 0 Å². The smallest absolute Gasteiger partial charge is 0.338 e. The van der Waals surface area contributed by atoms with Crippen molar-refractivity contribution in [3.05, 3.63) is 111 Å². The van der Waals surface area contributed by atoms with Gasteiger partial charge in [-0.15, -0.1) is 0 Å². The summed E-state index contributed by atoms with van der Waals surface area (Å²) in [5, 5.41) is 0. The molecule has 0 aliphatic heterocycles. The Labute approximate surface area is 382 Å². The molecule has 22 nitrogen and oxygen atoms in total. The van der Waals surface area contributed by atoms with Gasteiger partial charge in [-0.25, -0.2) is 38.4 Å². The summed E-state index contributed by atoms with van der Waals surface area (Å²) in [6.07, 6.45) is 4.43. The first-order chi connectivity index (χ1) is 32.2. The topological polar surface area (TPSA) is 266 Å². The van der Waals surface area contributed by atoms with Crippen molar-refractivity contribution in [2.75, 3.05) is 40.8 Å². The molecule has 0 amide bonds. The first-order valence-electron chi connectivity index (χ1n) is 19.5. The van der Waals surface area contributed by atoms with Gasteiger partial charge >= 0.3 is 47.8 Å². The lowest BCUT2D eigenvalue weighted by atomic mass is 9.85. The van der Waals surface area contributed by atoms with Gasteiger partial charge in [-0.05, 0) is 49.4 Å². The molecule has 1 saturated carbocycles. The van der Waals surface area contributed by atoms with Gasteiger partial charge in [0.15, 0.2) is 23.0 Å². The fourth-order valence-corrected chi connectivity index (χ4v) is 5.38. The minimum Gasteiger partial charge on any atom is -0.459 e. The number of esters is 8. The molecular weight excluding hydrogens is 892 g/mol. The molecule has 0 saturated heterocycles. The summed E-state index contributed by atoms with van der Waals surface area (Å²) in [6, 6.07) is 4.67. The van der Waals surface area contributed by atoms with Crippen molar-refractivity contribution in [2.45, 2.75) is 38.4 Å². The van der Waals surface area contributed by atoms with Gasteiger partial charge in [0.1, 0.15) is 12.2 Å². The number of rotatable bonds is 28. The number of hydrogen-bond donors (Lipinski definition) is 0. The minimum atomic E-state index is -0.892. The fraction of sp³-hybridized carbons (Fsp3) is 0.289. The summed E-state index contributed by atoms with van der Waals surface area (Å²) < 4.78 is 74.4. The van der Waals surface area contributed by atoms with Crippen molar-refractivity contribution in [2.24, 2.45) is 5.92 Å². The number of ether oxygens (including phenoxy) is 14. The Morgan fingerprint density at radius 2 is 0.731 bits per heavy atom. The van der Waals surface area contributed by atoms with Crippen molar-refractivity contribution in [1.82, 2.24) is 0 Å². The maximum atomic E-state index is 13.7. The Bertz CT molecular complexity index is 2110. The van der Waals surface area contributed by atoms with Crippen LogP contribution >= 0.6 is 0 Å². The molecule has 2 aromatic carbocycles. The molecule has 358 valence electrons. The van der Waals surface area contributed by atoms with E-state index in [-0.39, 0.29) is 64.9 Å². The molecule has 67 heavy (non-hydrogen) atoms. The van der Waals surface area contributed by atoms with Crippen LogP contribution in [0.15, 0.2) is 100 Å². The molecule has 1 fully saturated rings. The maximum Gasteiger partial charge on any atom is 0.338 e. The molecule has 0 N–H and O–H groups in total. The SMILES string of the molecule is C=CC(=O)OCOc1cc(C(=O)OC2CCC(OC(=O)c3cc(OCOC(=O)C=C)c(OCOC(=O)C=C)c(OCOC(=O)C=C)c3)C(C)C2)cc(OCOC(=O)C=C)c1OCOC(=O)C=C. The normalized spacial score (nSPS) is 14.6. The molecular formula is C45H46O22. The highest BCUT2D eigenvalue weighted by atomic mass is 16.7. The van der Waals surface area contributed by atoms with Crippen LogP contribution in [0.1, 0.15) is 46.9 Å². The highest BCUT2D eigenvalue weighted by Crippen LogP contribution is 2.42. The molecule has 3 unspecified atom stereocenters. The van der Waals surface area contributed by atoms with E-state index in [0.717, 1.165) is 36.5 Å². The van der Waals surface area contributed by atoms with E-state index in [1.54, 1.807) is 6.92 Å². The van der Waals surface area contributed by atoms with E-state index in [1.807, 2.05) is 0 Å². The molecule has 1 aliphatic carbocycles. The third kappa shape index (κ3) is 17.5. The third-order valence-corrected chi connectivity index (χ3v) is 8.56. The first kappa shape index (κ1) is 52.8. The average molecular weight is 939 g/mol. The summed E-state index contributed by atoms with van der Waals surface area (Å²) in [4.78, 5) is 97.6. The van der Waals surface area contributed by atoms with Crippen LogP contribution in [0, 0.1) is 5.92 Å². The van der Waals surface area contributed by atoms with Crippen LogP contribution in [0.5, 0.6) is 34.5 Å². The van der Waals surface area contributed by atoms with Crippen LogP contribution < -0.4 is 28.4 Å². The Kier molecular flexibility index (Phi) is 21.7. The summed E-state index contributed by atoms with van der Waals surface area (Å²) in [7, 11) is 0. The second-order valence-corrected chi connectivity index (χ2v) is 12.9. The molecule has 3 rings (SSSR count). The van der Waals surface area contributed by atoms with Gasteiger partial charge < -0.3 is 66.3 Å². The van der Waals surface area contributed by atoms with E-state index < -0.39 is 107 Å². The van der Waals surface area contributed by atoms with Crippen LogP contribution in [0.25, 0.3) is 0 Å². The summed E-state index contributed by atoms with van der Waals surface area (Å²) in [6.45, 7) is 17.3. The molecule has 3 atom stereocenters. The first-order valence-corrected chi connectivity index (χ1v) is 19.5. The van der Waals surface area contributed by atoms with E-state index in [1.165, 1.54) is 24.3 Å². The average Bonchev–Trinajstić information content (AvgIpc) is 3.32. The molecule has 1 aliphatic rings. The lowest BCUT2D eigenvalue weighted by Crippen LogP contribution is -2.36. The second kappa shape index (κ2) is 27.6. The molecule has 0 heterocycles. The van der Waals surface area contributed by atoms with Crippen molar-refractivity contribution in [3.8, 4) is 34.5 Å². The van der Waals surface area contributed by atoms with Crippen LogP contribution in [-0.2, 0) is 66.7 Å².